The molecule has 1 aromatic rings. The Balaban J connectivity index is 2.80. The van der Waals surface area contributed by atoms with Crippen LogP contribution in [-0.4, -0.2) is 24.4 Å². The molecule has 0 amide bonds. The van der Waals surface area contributed by atoms with E-state index in [0.717, 1.165) is 11.3 Å². The van der Waals surface area contributed by atoms with Crippen LogP contribution in [0.5, 0.6) is 5.75 Å². The Hall–Kier alpha value is -1.10. The monoisotopic (exact) mass is 224 g/mol. The molecule has 1 atom stereocenters. The third kappa shape index (κ3) is 3.48. The Morgan fingerprint density at radius 3 is 2.56 bits per heavy atom. The highest BCUT2D eigenvalue weighted by Crippen LogP contribution is 2.27. The Morgan fingerprint density at radius 2 is 2.00 bits per heavy atom. The van der Waals surface area contributed by atoms with Gasteiger partial charge >= 0.3 is 0 Å². The molecule has 0 aliphatic heterocycles. The number of ether oxygens (including phenoxy) is 1. The number of aliphatic hydroxyl groups is 1. The summed E-state index contributed by atoms with van der Waals surface area (Å²) < 4.78 is 5.55. The maximum atomic E-state index is 8.81. The number of hydrogen-bond donors (Lipinski definition) is 3. The van der Waals surface area contributed by atoms with Crippen molar-refractivity contribution >= 4 is 0 Å². The Kier molecular flexibility index (Phi) is 4.29. The lowest BCUT2D eigenvalue weighted by atomic mass is 9.95. The standard InChI is InChI=1S/C12H20N2O2/c1-12(2,14)10-5-3-4-6-11(10)16-8-9(13)7-15/h3-6,9,15H,7-8,13-14H2,1-2H3/t9-/m1/s1. The number of rotatable bonds is 5. The van der Waals surface area contributed by atoms with Crippen molar-refractivity contribution in [3.05, 3.63) is 29.8 Å². The van der Waals surface area contributed by atoms with Gasteiger partial charge < -0.3 is 21.3 Å². The number of nitrogens with two attached hydrogens (primary N) is 2. The Labute approximate surface area is 96.2 Å². The van der Waals surface area contributed by atoms with Crippen LogP contribution in [0.4, 0.5) is 0 Å². The van der Waals surface area contributed by atoms with E-state index in [0.29, 0.717) is 0 Å². The first kappa shape index (κ1) is 13.0. The summed E-state index contributed by atoms with van der Waals surface area (Å²) in [6, 6.07) is 7.22. The van der Waals surface area contributed by atoms with E-state index >= 15 is 0 Å². The molecular weight excluding hydrogens is 204 g/mol. The molecule has 1 aromatic carbocycles. The SMILES string of the molecule is CC(C)(N)c1ccccc1OC[C@H](N)CO. The first-order chi connectivity index (χ1) is 7.45. The minimum atomic E-state index is -0.458. The van der Waals surface area contributed by atoms with E-state index in [4.69, 9.17) is 21.3 Å². The summed E-state index contributed by atoms with van der Waals surface area (Å²) in [6.45, 7) is 4.03. The zero-order valence-electron chi connectivity index (χ0n) is 9.81. The molecular formula is C12H20N2O2. The molecule has 16 heavy (non-hydrogen) atoms. The molecule has 0 aliphatic rings. The molecule has 0 heterocycles. The van der Waals surface area contributed by atoms with Crippen molar-refractivity contribution in [1.29, 1.82) is 0 Å². The minimum absolute atomic E-state index is 0.0891. The maximum absolute atomic E-state index is 8.81. The summed E-state index contributed by atoms with van der Waals surface area (Å²) in [5, 5.41) is 8.81. The van der Waals surface area contributed by atoms with Gasteiger partial charge in [0.05, 0.1) is 12.6 Å². The summed E-state index contributed by atoms with van der Waals surface area (Å²) in [5.41, 5.74) is 12.1. The molecule has 4 heteroatoms. The molecule has 0 unspecified atom stereocenters. The summed E-state index contributed by atoms with van der Waals surface area (Å²) >= 11 is 0. The van der Waals surface area contributed by atoms with Gasteiger partial charge in [-0.05, 0) is 19.9 Å². The van der Waals surface area contributed by atoms with E-state index in [9.17, 15) is 0 Å². The van der Waals surface area contributed by atoms with Gasteiger partial charge in [0.25, 0.3) is 0 Å². The molecule has 0 aliphatic carbocycles. The van der Waals surface area contributed by atoms with Gasteiger partial charge in [0.2, 0.25) is 0 Å². The van der Waals surface area contributed by atoms with Gasteiger partial charge in [-0.3, -0.25) is 0 Å². The van der Waals surface area contributed by atoms with Crippen LogP contribution in [-0.2, 0) is 5.54 Å². The number of para-hydroxylation sites is 1. The number of hydrogen-bond acceptors (Lipinski definition) is 4. The highest BCUT2D eigenvalue weighted by Gasteiger charge is 2.19. The van der Waals surface area contributed by atoms with E-state index in [1.165, 1.54) is 0 Å². The van der Waals surface area contributed by atoms with Gasteiger partial charge in [-0.15, -0.1) is 0 Å². The lowest BCUT2D eigenvalue weighted by Gasteiger charge is -2.23. The fraction of sp³-hybridized carbons (Fsp3) is 0.500. The van der Waals surface area contributed by atoms with E-state index in [2.05, 4.69) is 0 Å². The molecule has 0 fully saturated rings. The third-order valence-electron chi connectivity index (χ3n) is 2.27. The summed E-state index contributed by atoms with van der Waals surface area (Å²) in [7, 11) is 0. The van der Waals surface area contributed by atoms with Crippen LogP contribution >= 0.6 is 0 Å². The Morgan fingerprint density at radius 1 is 1.38 bits per heavy atom. The van der Waals surface area contributed by atoms with Crippen LogP contribution < -0.4 is 16.2 Å². The molecule has 0 radical (unpaired) electrons. The van der Waals surface area contributed by atoms with Crippen LogP contribution in [0.2, 0.25) is 0 Å². The minimum Gasteiger partial charge on any atom is -0.492 e. The van der Waals surface area contributed by atoms with E-state index in [1.807, 2.05) is 38.1 Å². The van der Waals surface area contributed by atoms with Crippen molar-refractivity contribution in [2.75, 3.05) is 13.2 Å². The van der Waals surface area contributed by atoms with E-state index < -0.39 is 5.54 Å². The number of aliphatic hydroxyl groups excluding tert-OH is 1. The largest absolute Gasteiger partial charge is 0.492 e. The molecule has 0 bridgehead atoms. The van der Waals surface area contributed by atoms with Gasteiger partial charge in [0, 0.05) is 11.1 Å². The van der Waals surface area contributed by atoms with E-state index in [-0.39, 0.29) is 19.3 Å². The van der Waals surface area contributed by atoms with Crippen molar-refractivity contribution in [1.82, 2.24) is 0 Å². The van der Waals surface area contributed by atoms with Crippen LogP contribution in [0.15, 0.2) is 24.3 Å². The molecule has 0 spiro atoms. The zero-order valence-corrected chi connectivity index (χ0v) is 9.81. The first-order valence-corrected chi connectivity index (χ1v) is 5.32. The van der Waals surface area contributed by atoms with Gasteiger partial charge in [0.15, 0.2) is 0 Å². The topological polar surface area (TPSA) is 81.5 Å². The van der Waals surface area contributed by atoms with Crippen LogP contribution in [0, 0.1) is 0 Å². The van der Waals surface area contributed by atoms with Crippen LogP contribution in [0.25, 0.3) is 0 Å². The predicted octanol–water partition coefficient (Wildman–Crippen LogP) is 0.579. The quantitative estimate of drug-likeness (QED) is 0.683. The molecule has 0 saturated carbocycles. The smallest absolute Gasteiger partial charge is 0.124 e. The van der Waals surface area contributed by atoms with Crippen LogP contribution in [0.3, 0.4) is 0 Å². The molecule has 4 nitrogen and oxygen atoms in total. The lowest BCUT2D eigenvalue weighted by Crippen LogP contribution is -2.33. The molecule has 5 N–H and O–H groups in total. The van der Waals surface area contributed by atoms with Crippen molar-refractivity contribution < 1.29 is 9.84 Å². The second-order valence-electron chi connectivity index (χ2n) is 4.47. The highest BCUT2D eigenvalue weighted by molar-refractivity contribution is 5.38. The Bertz CT molecular complexity index is 334. The van der Waals surface area contributed by atoms with Gasteiger partial charge in [-0.2, -0.15) is 0 Å². The molecule has 0 aromatic heterocycles. The zero-order chi connectivity index (χ0) is 12.2. The third-order valence-corrected chi connectivity index (χ3v) is 2.27. The fourth-order valence-electron chi connectivity index (χ4n) is 1.37. The van der Waals surface area contributed by atoms with E-state index in [1.54, 1.807) is 0 Å². The first-order valence-electron chi connectivity index (χ1n) is 5.32. The lowest BCUT2D eigenvalue weighted by molar-refractivity contribution is 0.204. The van der Waals surface area contributed by atoms with Crippen molar-refractivity contribution in [2.45, 2.75) is 25.4 Å². The average molecular weight is 224 g/mol. The van der Waals surface area contributed by atoms with Gasteiger partial charge in [-0.1, -0.05) is 18.2 Å². The maximum Gasteiger partial charge on any atom is 0.124 e. The average Bonchev–Trinajstić information content (AvgIpc) is 2.25. The fourth-order valence-corrected chi connectivity index (χ4v) is 1.37. The summed E-state index contributed by atoms with van der Waals surface area (Å²) in [6.07, 6.45) is 0. The normalized spacial score (nSPS) is 13.6. The van der Waals surface area contributed by atoms with Crippen molar-refractivity contribution in [2.24, 2.45) is 11.5 Å². The van der Waals surface area contributed by atoms with Gasteiger partial charge in [0.1, 0.15) is 12.4 Å². The summed E-state index contributed by atoms with van der Waals surface area (Å²) in [4.78, 5) is 0. The molecule has 1 rings (SSSR count). The van der Waals surface area contributed by atoms with Crippen molar-refractivity contribution in [3.63, 3.8) is 0 Å². The predicted molar refractivity (Wildman–Crippen MR) is 64.2 cm³/mol. The number of benzene rings is 1. The van der Waals surface area contributed by atoms with Crippen molar-refractivity contribution in [3.8, 4) is 5.75 Å². The summed E-state index contributed by atoms with van der Waals surface area (Å²) in [5.74, 6) is 0.721. The van der Waals surface area contributed by atoms with Gasteiger partial charge in [-0.25, -0.2) is 0 Å². The van der Waals surface area contributed by atoms with Crippen LogP contribution in [0.1, 0.15) is 19.4 Å². The highest BCUT2D eigenvalue weighted by atomic mass is 16.5. The molecule has 0 saturated heterocycles. The second kappa shape index (κ2) is 5.30. The molecule has 90 valence electrons. The second-order valence-corrected chi connectivity index (χ2v) is 4.47.